The number of hydrogen-bond donors (Lipinski definition) is 0. The molecule has 0 aromatic rings. The van der Waals surface area contributed by atoms with E-state index in [0.29, 0.717) is 0 Å². The van der Waals surface area contributed by atoms with Crippen molar-refractivity contribution in [3.8, 4) is 0 Å². The molecule has 0 bridgehead atoms. The maximum atomic E-state index is 12.5. The molecular weight excluding hydrogens is 115 g/mol. The molecule has 0 amide bonds. The SMILES string of the molecule is C=C/C(F)=C(/C)C(C)C. The van der Waals surface area contributed by atoms with Gasteiger partial charge < -0.3 is 0 Å². The maximum absolute atomic E-state index is 12.5. The fourth-order valence-corrected chi connectivity index (χ4v) is 0.437. The zero-order valence-electron chi connectivity index (χ0n) is 6.24. The van der Waals surface area contributed by atoms with Gasteiger partial charge in [0.25, 0.3) is 0 Å². The lowest BCUT2D eigenvalue weighted by molar-refractivity contribution is 0.619. The third kappa shape index (κ3) is 2.45. The van der Waals surface area contributed by atoms with Gasteiger partial charge >= 0.3 is 0 Å². The number of rotatable bonds is 2. The molecule has 0 radical (unpaired) electrons. The fourth-order valence-electron chi connectivity index (χ4n) is 0.437. The van der Waals surface area contributed by atoms with Gasteiger partial charge in [0.05, 0.1) is 0 Å². The number of halogens is 1. The van der Waals surface area contributed by atoms with Gasteiger partial charge in [-0.25, -0.2) is 4.39 Å². The summed E-state index contributed by atoms with van der Waals surface area (Å²) in [6.45, 7) is 9.02. The quantitative estimate of drug-likeness (QED) is 0.501. The van der Waals surface area contributed by atoms with E-state index in [1.54, 1.807) is 6.92 Å². The van der Waals surface area contributed by atoms with Crippen LogP contribution in [0.5, 0.6) is 0 Å². The monoisotopic (exact) mass is 128 g/mol. The summed E-state index contributed by atoms with van der Waals surface area (Å²) in [6, 6.07) is 0. The van der Waals surface area contributed by atoms with E-state index in [2.05, 4.69) is 6.58 Å². The summed E-state index contributed by atoms with van der Waals surface area (Å²) >= 11 is 0. The summed E-state index contributed by atoms with van der Waals surface area (Å²) < 4.78 is 12.5. The molecule has 9 heavy (non-hydrogen) atoms. The summed E-state index contributed by atoms with van der Waals surface area (Å²) in [6.07, 6.45) is 1.25. The Labute approximate surface area is 56.1 Å². The van der Waals surface area contributed by atoms with E-state index < -0.39 is 0 Å². The van der Waals surface area contributed by atoms with Crippen LogP contribution in [0.2, 0.25) is 0 Å². The average molecular weight is 128 g/mol. The van der Waals surface area contributed by atoms with Crippen LogP contribution in [0.25, 0.3) is 0 Å². The molecule has 0 aliphatic rings. The Bertz CT molecular complexity index is 132. The van der Waals surface area contributed by atoms with Crippen molar-refractivity contribution in [3.05, 3.63) is 24.1 Å². The Hall–Kier alpha value is -0.590. The second-order valence-corrected chi connectivity index (χ2v) is 2.39. The molecule has 0 aromatic heterocycles. The highest BCUT2D eigenvalue weighted by Crippen LogP contribution is 2.14. The van der Waals surface area contributed by atoms with E-state index in [1.165, 1.54) is 6.08 Å². The average Bonchev–Trinajstić information content (AvgIpc) is 1.84. The minimum atomic E-state index is -0.190. The van der Waals surface area contributed by atoms with Crippen LogP contribution < -0.4 is 0 Å². The molecule has 0 nitrogen and oxygen atoms in total. The normalized spacial score (nSPS) is 13.4. The summed E-state index contributed by atoms with van der Waals surface area (Å²) in [4.78, 5) is 0. The Morgan fingerprint density at radius 2 is 2.00 bits per heavy atom. The Kier molecular flexibility index (Phi) is 3.21. The smallest absolute Gasteiger partial charge is 0.121 e. The Morgan fingerprint density at radius 3 is 2.11 bits per heavy atom. The molecule has 0 aliphatic carbocycles. The second kappa shape index (κ2) is 3.44. The molecule has 0 rings (SSSR count). The van der Waals surface area contributed by atoms with Crippen molar-refractivity contribution in [2.24, 2.45) is 5.92 Å². The molecule has 0 spiro atoms. The van der Waals surface area contributed by atoms with Crippen molar-refractivity contribution < 1.29 is 4.39 Å². The fraction of sp³-hybridized carbons (Fsp3) is 0.500. The van der Waals surface area contributed by atoms with Crippen LogP contribution >= 0.6 is 0 Å². The van der Waals surface area contributed by atoms with Gasteiger partial charge in [-0.3, -0.25) is 0 Å². The van der Waals surface area contributed by atoms with Gasteiger partial charge in [-0.05, 0) is 24.5 Å². The van der Waals surface area contributed by atoms with Gasteiger partial charge in [0, 0.05) is 0 Å². The molecule has 0 aliphatic heterocycles. The van der Waals surface area contributed by atoms with Crippen LogP contribution in [0.15, 0.2) is 24.1 Å². The molecule has 0 saturated carbocycles. The molecule has 0 N–H and O–H groups in total. The zero-order valence-corrected chi connectivity index (χ0v) is 6.24. The van der Waals surface area contributed by atoms with Gasteiger partial charge in [-0.15, -0.1) is 0 Å². The van der Waals surface area contributed by atoms with E-state index in [-0.39, 0.29) is 11.7 Å². The predicted molar refractivity (Wildman–Crippen MR) is 38.8 cm³/mol. The highest BCUT2D eigenvalue weighted by molar-refractivity contribution is 5.16. The first-order valence-electron chi connectivity index (χ1n) is 3.08. The Morgan fingerprint density at radius 1 is 1.56 bits per heavy atom. The zero-order chi connectivity index (χ0) is 7.44. The molecule has 0 saturated heterocycles. The van der Waals surface area contributed by atoms with Gasteiger partial charge in [0.2, 0.25) is 0 Å². The van der Waals surface area contributed by atoms with Crippen LogP contribution in [0, 0.1) is 5.92 Å². The van der Waals surface area contributed by atoms with Crippen molar-refractivity contribution in [2.75, 3.05) is 0 Å². The second-order valence-electron chi connectivity index (χ2n) is 2.39. The lowest BCUT2D eigenvalue weighted by atomic mass is 10.0. The molecule has 0 fully saturated rings. The number of hydrogen-bond acceptors (Lipinski definition) is 0. The van der Waals surface area contributed by atoms with Crippen LogP contribution in [-0.2, 0) is 0 Å². The summed E-state index contributed by atoms with van der Waals surface area (Å²) in [5.74, 6) is 0.0907. The van der Waals surface area contributed by atoms with E-state index >= 15 is 0 Å². The lowest BCUT2D eigenvalue weighted by Crippen LogP contribution is -1.89. The molecule has 1 heteroatoms. The van der Waals surface area contributed by atoms with Crippen LogP contribution in [0.1, 0.15) is 20.8 Å². The Balaban J connectivity index is 4.27. The van der Waals surface area contributed by atoms with Crippen molar-refractivity contribution in [3.63, 3.8) is 0 Å². The first-order chi connectivity index (χ1) is 4.09. The topological polar surface area (TPSA) is 0 Å². The first kappa shape index (κ1) is 8.41. The molecule has 0 heterocycles. The third-order valence-electron chi connectivity index (χ3n) is 1.42. The van der Waals surface area contributed by atoms with Crippen LogP contribution in [0.3, 0.4) is 0 Å². The highest BCUT2D eigenvalue weighted by atomic mass is 19.1. The third-order valence-corrected chi connectivity index (χ3v) is 1.42. The molecular formula is C8H13F. The lowest BCUT2D eigenvalue weighted by Gasteiger charge is -2.03. The molecule has 0 atom stereocenters. The van der Waals surface area contributed by atoms with E-state index in [9.17, 15) is 4.39 Å². The van der Waals surface area contributed by atoms with E-state index in [1.807, 2.05) is 13.8 Å². The predicted octanol–water partition coefficient (Wildman–Crippen LogP) is 3.07. The van der Waals surface area contributed by atoms with Crippen LogP contribution in [-0.4, -0.2) is 0 Å². The van der Waals surface area contributed by atoms with Crippen molar-refractivity contribution in [2.45, 2.75) is 20.8 Å². The first-order valence-corrected chi connectivity index (χ1v) is 3.08. The van der Waals surface area contributed by atoms with Crippen molar-refractivity contribution >= 4 is 0 Å². The van der Waals surface area contributed by atoms with E-state index in [4.69, 9.17) is 0 Å². The highest BCUT2D eigenvalue weighted by Gasteiger charge is 2.00. The summed E-state index contributed by atoms with van der Waals surface area (Å²) in [5.41, 5.74) is 0.769. The van der Waals surface area contributed by atoms with E-state index in [0.717, 1.165) is 5.57 Å². The van der Waals surface area contributed by atoms with Crippen molar-refractivity contribution in [1.29, 1.82) is 0 Å². The molecule has 0 unspecified atom stereocenters. The maximum Gasteiger partial charge on any atom is 0.121 e. The van der Waals surface area contributed by atoms with Gasteiger partial charge in [0.15, 0.2) is 0 Å². The molecule has 0 aromatic carbocycles. The van der Waals surface area contributed by atoms with Crippen molar-refractivity contribution in [1.82, 2.24) is 0 Å². The minimum Gasteiger partial charge on any atom is -0.207 e. The van der Waals surface area contributed by atoms with Gasteiger partial charge in [-0.2, -0.15) is 0 Å². The van der Waals surface area contributed by atoms with Crippen LogP contribution in [0.4, 0.5) is 4.39 Å². The standard InChI is InChI=1S/C8H13F/c1-5-8(9)7(4)6(2)3/h5-6H,1H2,2-4H3/b8-7+. The van der Waals surface area contributed by atoms with Gasteiger partial charge in [-0.1, -0.05) is 20.4 Å². The van der Waals surface area contributed by atoms with Gasteiger partial charge in [0.1, 0.15) is 5.83 Å². The minimum absolute atomic E-state index is 0.190. The summed E-state index contributed by atoms with van der Waals surface area (Å²) in [7, 11) is 0. The molecule has 52 valence electrons. The number of allylic oxidation sites excluding steroid dienone is 3. The summed E-state index contributed by atoms with van der Waals surface area (Å²) in [5, 5.41) is 0. The largest absolute Gasteiger partial charge is 0.207 e.